The van der Waals surface area contributed by atoms with Crippen molar-refractivity contribution < 1.29 is 4.79 Å². The summed E-state index contributed by atoms with van der Waals surface area (Å²) in [6.07, 6.45) is 0.952. The van der Waals surface area contributed by atoms with E-state index in [1.54, 1.807) is 6.92 Å². The summed E-state index contributed by atoms with van der Waals surface area (Å²) in [6, 6.07) is 0.208. The van der Waals surface area contributed by atoms with Gasteiger partial charge < -0.3 is 10.6 Å². The highest BCUT2D eigenvalue weighted by molar-refractivity contribution is 7.80. The van der Waals surface area contributed by atoms with Gasteiger partial charge in [0.05, 0.1) is 10.9 Å². The molecule has 0 aromatic rings. The van der Waals surface area contributed by atoms with Crippen molar-refractivity contribution in [3.63, 3.8) is 0 Å². The maximum absolute atomic E-state index is 11.9. The largest absolute Gasteiger partial charge is 0.393 e. The molecule has 0 heterocycles. The third-order valence-corrected chi connectivity index (χ3v) is 2.52. The maximum Gasteiger partial charge on any atom is 0.232 e. The van der Waals surface area contributed by atoms with Gasteiger partial charge in [-0.05, 0) is 27.2 Å². The standard InChI is InChI=1S/C10H20N2OS/c1-5-6-12(7(2)3)10(13)8(4)9(11)14/h7-8H,5-6H2,1-4H3,(H2,11,14). The first-order chi connectivity index (χ1) is 6.41. The van der Waals surface area contributed by atoms with Crippen LogP contribution < -0.4 is 5.73 Å². The molecule has 0 aromatic heterocycles. The number of rotatable bonds is 5. The van der Waals surface area contributed by atoms with Crippen LogP contribution in [0.25, 0.3) is 0 Å². The van der Waals surface area contributed by atoms with E-state index in [1.807, 2.05) is 25.7 Å². The van der Waals surface area contributed by atoms with Crippen molar-refractivity contribution in [2.24, 2.45) is 11.7 Å². The van der Waals surface area contributed by atoms with E-state index in [2.05, 4.69) is 0 Å². The lowest BCUT2D eigenvalue weighted by Crippen LogP contribution is -2.43. The predicted octanol–water partition coefficient (Wildman–Crippen LogP) is 1.56. The molecule has 1 amide bonds. The second kappa shape index (κ2) is 5.96. The molecule has 0 aliphatic carbocycles. The van der Waals surface area contributed by atoms with Crippen LogP contribution >= 0.6 is 12.2 Å². The number of nitrogens with zero attached hydrogens (tertiary/aromatic N) is 1. The molecule has 82 valence electrons. The van der Waals surface area contributed by atoms with Crippen LogP contribution in [0.3, 0.4) is 0 Å². The zero-order chi connectivity index (χ0) is 11.3. The SMILES string of the molecule is CCCN(C(=O)C(C)C(N)=S)C(C)C. The minimum Gasteiger partial charge on any atom is -0.393 e. The fourth-order valence-corrected chi connectivity index (χ4v) is 1.34. The maximum atomic E-state index is 11.9. The highest BCUT2D eigenvalue weighted by Crippen LogP contribution is 2.08. The summed E-state index contributed by atoms with van der Waals surface area (Å²) in [6.45, 7) is 8.58. The van der Waals surface area contributed by atoms with Crippen molar-refractivity contribution in [1.82, 2.24) is 4.90 Å². The Labute approximate surface area is 91.6 Å². The van der Waals surface area contributed by atoms with E-state index >= 15 is 0 Å². The van der Waals surface area contributed by atoms with Crippen LogP contribution in [-0.4, -0.2) is 28.4 Å². The molecule has 0 aliphatic rings. The van der Waals surface area contributed by atoms with Crippen molar-refractivity contribution in [3.05, 3.63) is 0 Å². The molecule has 14 heavy (non-hydrogen) atoms. The molecular weight excluding hydrogens is 196 g/mol. The van der Waals surface area contributed by atoms with Crippen LogP contribution in [0.4, 0.5) is 0 Å². The molecule has 0 fully saturated rings. The minimum absolute atomic E-state index is 0.0364. The van der Waals surface area contributed by atoms with Gasteiger partial charge in [0, 0.05) is 12.6 Å². The molecule has 0 aromatic carbocycles. The fraction of sp³-hybridized carbons (Fsp3) is 0.800. The number of thiocarbonyl (C=S) groups is 1. The van der Waals surface area contributed by atoms with E-state index in [0.29, 0.717) is 0 Å². The predicted molar refractivity (Wildman–Crippen MR) is 63.1 cm³/mol. The van der Waals surface area contributed by atoms with Crippen LogP contribution in [0.1, 0.15) is 34.1 Å². The van der Waals surface area contributed by atoms with E-state index < -0.39 is 0 Å². The Morgan fingerprint density at radius 3 is 2.21 bits per heavy atom. The van der Waals surface area contributed by atoms with Gasteiger partial charge in [-0.3, -0.25) is 4.79 Å². The number of carbonyl (C=O) groups excluding carboxylic acids is 1. The van der Waals surface area contributed by atoms with E-state index in [1.165, 1.54) is 0 Å². The summed E-state index contributed by atoms with van der Waals surface area (Å²) < 4.78 is 0. The molecule has 1 atom stereocenters. The minimum atomic E-state index is -0.348. The second-order valence-electron chi connectivity index (χ2n) is 3.75. The molecule has 0 saturated heterocycles. The molecular formula is C10H20N2OS. The van der Waals surface area contributed by atoms with Crippen LogP contribution in [0.15, 0.2) is 0 Å². The number of amides is 1. The first kappa shape index (κ1) is 13.4. The molecule has 3 nitrogen and oxygen atoms in total. The average Bonchev–Trinajstić information content (AvgIpc) is 2.11. The number of hydrogen-bond donors (Lipinski definition) is 1. The summed E-state index contributed by atoms with van der Waals surface area (Å²) in [7, 11) is 0. The van der Waals surface area contributed by atoms with E-state index in [9.17, 15) is 4.79 Å². The fourth-order valence-electron chi connectivity index (χ4n) is 1.23. The smallest absolute Gasteiger partial charge is 0.232 e. The Bertz CT molecular complexity index is 216. The van der Waals surface area contributed by atoms with Gasteiger partial charge >= 0.3 is 0 Å². The number of carbonyl (C=O) groups is 1. The van der Waals surface area contributed by atoms with Crippen molar-refractivity contribution >= 4 is 23.1 Å². The van der Waals surface area contributed by atoms with Crippen molar-refractivity contribution in [1.29, 1.82) is 0 Å². The van der Waals surface area contributed by atoms with E-state index in [0.717, 1.165) is 13.0 Å². The third-order valence-electron chi connectivity index (χ3n) is 2.17. The van der Waals surface area contributed by atoms with Gasteiger partial charge in [0.2, 0.25) is 5.91 Å². The molecule has 0 radical (unpaired) electrons. The summed E-state index contributed by atoms with van der Waals surface area (Å²) in [5.41, 5.74) is 5.45. The Morgan fingerprint density at radius 2 is 1.93 bits per heavy atom. The molecule has 0 rings (SSSR count). The van der Waals surface area contributed by atoms with E-state index in [-0.39, 0.29) is 22.9 Å². The number of hydrogen-bond acceptors (Lipinski definition) is 2. The number of nitrogens with two attached hydrogens (primary N) is 1. The van der Waals surface area contributed by atoms with Crippen LogP contribution in [-0.2, 0) is 4.79 Å². The summed E-state index contributed by atoms with van der Waals surface area (Å²) in [5.74, 6) is -0.312. The first-order valence-corrected chi connectivity index (χ1v) is 5.42. The molecule has 0 spiro atoms. The highest BCUT2D eigenvalue weighted by atomic mass is 32.1. The van der Waals surface area contributed by atoms with Crippen LogP contribution in [0.2, 0.25) is 0 Å². The summed E-state index contributed by atoms with van der Waals surface area (Å²) >= 11 is 4.81. The van der Waals surface area contributed by atoms with Crippen molar-refractivity contribution in [2.45, 2.75) is 40.2 Å². The third kappa shape index (κ3) is 3.62. The molecule has 0 saturated carbocycles. The van der Waals surface area contributed by atoms with Crippen molar-refractivity contribution in [2.75, 3.05) is 6.54 Å². The Hall–Kier alpha value is -0.640. The van der Waals surface area contributed by atoms with Gasteiger partial charge in [-0.2, -0.15) is 0 Å². The zero-order valence-corrected chi connectivity index (χ0v) is 10.2. The molecule has 4 heteroatoms. The highest BCUT2D eigenvalue weighted by Gasteiger charge is 2.23. The lowest BCUT2D eigenvalue weighted by atomic mass is 10.1. The van der Waals surface area contributed by atoms with E-state index in [4.69, 9.17) is 18.0 Å². The summed E-state index contributed by atoms with van der Waals surface area (Å²) in [4.78, 5) is 14.0. The lowest BCUT2D eigenvalue weighted by molar-refractivity contribution is -0.134. The zero-order valence-electron chi connectivity index (χ0n) is 9.41. The quantitative estimate of drug-likeness (QED) is 0.709. The van der Waals surface area contributed by atoms with Gasteiger partial charge in [-0.25, -0.2) is 0 Å². The summed E-state index contributed by atoms with van der Waals surface area (Å²) in [5, 5.41) is 0. The topological polar surface area (TPSA) is 46.3 Å². The molecule has 0 bridgehead atoms. The second-order valence-corrected chi connectivity index (χ2v) is 4.22. The molecule has 2 N–H and O–H groups in total. The van der Waals surface area contributed by atoms with Gasteiger partial charge in [-0.1, -0.05) is 19.1 Å². The van der Waals surface area contributed by atoms with Crippen molar-refractivity contribution in [3.8, 4) is 0 Å². The van der Waals surface area contributed by atoms with Gasteiger partial charge in [0.1, 0.15) is 0 Å². The van der Waals surface area contributed by atoms with Gasteiger partial charge in [0.15, 0.2) is 0 Å². The van der Waals surface area contributed by atoms with Crippen LogP contribution in [0.5, 0.6) is 0 Å². The monoisotopic (exact) mass is 216 g/mol. The molecule has 0 aliphatic heterocycles. The lowest BCUT2D eigenvalue weighted by Gasteiger charge is -2.28. The normalized spacial score (nSPS) is 12.6. The Morgan fingerprint density at radius 1 is 1.43 bits per heavy atom. The van der Waals surface area contributed by atoms with Gasteiger partial charge in [-0.15, -0.1) is 0 Å². The Balaban J connectivity index is 4.51. The Kier molecular flexibility index (Phi) is 5.69. The van der Waals surface area contributed by atoms with Crippen LogP contribution in [0, 0.1) is 5.92 Å². The van der Waals surface area contributed by atoms with Gasteiger partial charge in [0.25, 0.3) is 0 Å². The molecule has 1 unspecified atom stereocenters. The average molecular weight is 216 g/mol. The first-order valence-electron chi connectivity index (χ1n) is 5.01.